The van der Waals surface area contributed by atoms with Gasteiger partial charge in [-0.1, -0.05) is 59.8 Å². The van der Waals surface area contributed by atoms with E-state index in [4.69, 9.17) is 11.6 Å². The third-order valence-corrected chi connectivity index (χ3v) is 4.95. The molecule has 0 aliphatic heterocycles. The summed E-state index contributed by atoms with van der Waals surface area (Å²) >= 11 is 7.75. The van der Waals surface area contributed by atoms with Crippen molar-refractivity contribution in [2.24, 2.45) is 0 Å². The Morgan fingerprint density at radius 2 is 1.62 bits per heavy atom. The molecule has 3 nitrogen and oxygen atoms in total. The first-order chi connectivity index (χ1) is 11.8. The van der Waals surface area contributed by atoms with E-state index < -0.39 is 0 Å². The number of hydrogen-bond acceptors (Lipinski definition) is 4. The highest BCUT2D eigenvalue weighted by molar-refractivity contribution is 7.99. The molecule has 0 amide bonds. The highest BCUT2D eigenvalue weighted by atomic mass is 35.5. The quantitative estimate of drug-likeness (QED) is 0.489. The minimum absolute atomic E-state index is 0.621. The first kappa shape index (κ1) is 15.1. The fourth-order valence-electron chi connectivity index (χ4n) is 2.33. The summed E-state index contributed by atoms with van der Waals surface area (Å²) in [7, 11) is 0. The molecule has 0 saturated heterocycles. The van der Waals surface area contributed by atoms with Gasteiger partial charge in [0, 0.05) is 16.5 Å². The molecule has 116 valence electrons. The number of pyridine rings is 1. The zero-order valence-electron chi connectivity index (χ0n) is 12.6. The Morgan fingerprint density at radius 3 is 2.54 bits per heavy atom. The molecule has 24 heavy (non-hydrogen) atoms. The summed E-state index contributed by atoms with van der Waals surface area (Å²) in [5, 5.41) is 2.59. The van der Waals surface area contributed by atoms with Gasteiger partial charge in [0.1, 0.15) is 10.7 Å². The second-order valence-corrected chi connectivity index (χ2v) is 6.62. The molecular formula is C19H12ClN3S. The standard InChI is InChI=1S/C19H12ClN3S/c20-14-7-2-4-10-17(14)24-18-11-5-9-16(22-18)19-21-12-13-6-1-3-8-15(13)23-19/h1-12H. The van der Waals surface area contributed by atoms with E-state index in [2.05, 4.69) is 15.0 Å². The molecule has 2 heterocycles. The third-order valence-electron chi connectivity index (χ3n) is 3.49. The lowest BCUT2D eigenvalue weighted by Crippen LogP contribution is -1.93. The summed E-state index contributed by atoms with van der Waals surface area (Å²) in [5.74, 6) is 0.621. The van der Waals surface area contributed by atoms with Crippen LogP contribution in [0.25, 0.3) is 22.4 Å². The highest BCUT2D eigenvalue weighted by Gasteiger charge is 2.08. The molecule has 0 aliphatic rings. The van der Waals surface area contributed by atoms with Crippen molar-refractivity contribution >= 4 is 34.3 Å². The molecule has 4 rings (SSSR count). The summed E-state index contributed by atoms with van der Waals surface area (Å²) in [5.41, 5.74) is 1.66. The van der Waals surface area contributed by atoms with Crippen LogP contribution in [0.1, 0.15) is 0 Å². The molecule has 0 saturated carbocycles. The van der Waals surface area contributed by atoms with Crippen LogP contribution in [0.2, 0.25) is 5.02 Å². The van der Waals surface area contributed by atoms with Crippen LogP contribution in [0.15, 0.2) is 82.8 Å². The number of para-hydroxylation sites is 1. The van der Waals surface area contributed by atoms with Gasteiger partial charge in [-0.15, -0.1) is 0 Å². The zero-order chi connectivity index (χ0) is 16.4. The Balaban J connectivity index is 1.70. The van der Waals surface area contributed by atoms with Crippen molar-refractivity contribution in [3.63, 3.8) is 0 Å². The lowest BCUT2D eigenvalue weighted by molar-refractivity contribution is 1.09. The van der Waals surface area contributed by atoms with Gasteiger partial charge in [0.05, 0.1) is 10.5 Å². The topological polar surface area (TPSA) is 38.7 Å². The van der Waals surface area contributed by atoms with E-state index in [-0.39, 0.29) is 0 Å². The lowest BCUT2D eigenvalue weighted by atomic mass is 10.2. The van der Waals surface area contributed by atoms with Gasteiger partial charge in [0.25, 0.3) is 0 Å². The second-order valence-electron chi connectivity index (χ2n) is 5.15. The molecule has 0 bridgehead atoms. The number of halogens is 1. The molecule has 0 spiro atoms. The van der Waals surface area contributed by atoms with E-state index >= 15 is 0 Å². The van der Waals surface area contributed by atoms with E-state index in [0.717, 1.165) is 31.5 Å². The van der Waals surface area contributed by atoms with Gasteiger partial charge in [-0.3, -0.25) is 0 Å². The number of rotatable bonds is 3. The zero-order valence-corrected chi connectivity index (χ0v) is 14.1. The normalized spacial score (nSPS) is 10.9. The Kier molecular flexibility index (Phi) is 4.15. The minimum atomic E-state index is 0.621. The third kappa shape index (κ3) is 3.11. The molecule has 4 aromatic rings. The van der Waals surface area contributed by atoms with Crippen molar-refractivity contribution in [3.8, 4) is 11.5 Å². The average molecular weight is 350 g/mol. The number of nitrogens with zero attached hydrogens (tertiary/aromatic N) is 3. The Hall–Kier alpha value is -2.43. The second kappa shape index (κ2) is 6.59. The van der Waals surface area contributed by atoms with Gasteiger partial charge in [0.15, 0.2) is 5.82 Å². The SMILES string of the molecule is Clc1ccccc1Sc1cccc(-c2ncc3ccccc3n2)n1. The van der Waals surface area contributed by atoms with Crippen molar-refractivity contribution in [3.05, 3.63) is 77.9 Å². The molecule has 0 fully saturated rings. The smallest absolute Gasteiger partial charge is 0.178 e. The Bertz CT molecular complexity index is 1020. The summed E-state index contributed by atoms with van der Waals surface area (Å²) in [6, 6.07) is 21.5. The van der Waals surface area contributed by atoms with Crippen LogP contribution in [0, 0.1) is 0 Å². The molecule has 0 N–H and O–H groups in total. The largest absolute Gasteiger partial charge is 0.238 e. The summed E-state index contributed by atoms with van der Waals surface area (Å²) in [6.07, 6.45) is 1.83. The predicted octanol–water partition coefficient (Wildman–Crippen LogP) is 5.50. The lowest BCUT2D eigenvalue weighted by Gasteiger charge is -2.06. The number of benzene rings is 2. The van der Waals surface area contributed by atoms with E-state index in [9.17, 15) is 0 Å². The monoisotopic (exact) mass is 349 g/mol. The molecule has 0 atom stereocenters. The first-order valence-corrected chi connectivity index (χ1v) is 8.61. The van der Waals surface area contributed by atoms with Gasteiger partial charge >= 0.3 is 0 Å². The van der Waals surface area contributed by atoms with Crippen molar-refractivity contribution < 1.29 is 0 Å². The van der Waals surface area contributed by atoms with Crippen LogP contribution >= 0.6 is 23.4 Å². The van der Waals surface area contributed by atoms with Crippen LogP contribution in [-0.4, -0.2) is 15.0 Å². The van der Waals surface area contributed by atoms with Crippen molar-refractivity contribution in [1.29, 1.82) is 0 Å². The maximum absolute atomic E-state index is 6.22. The van der Waals surface area contributed by atoms with Crippen molar-refractivity contribution in [2.75, 3.05) is 0 Å². The fourth-order valence-corrected chi connectivity index (χ4v) is 3.41. The van der Waals surface area contributed by atoms with Gasteiger partial charge in [-0.25, -0.2) is 15.0 Å². The van der Waals surface area contributed by atoms with Gasteiger partial charge in [-0.05, 0) is 30.3 Å². The van der Waals surface area contributed by atoms with Crippen LogP contribution in [0.5, 0.6) is 0 Å². The predicted molar refractivity (Wildman–Crippen MR) is 98.3 cm³/mol. The number of hydrogen-bond donors (Lipinski definition) is 0. The summed E-state index contributed by atoms with van der Waals surface area (Å²) in [4.78, 5) is 14.7. The maximum atomic E-state index is 6.22. The summed E-state index contributed by atoms with van der Waals surface area (Å²) < 4.78 is 0. The van der Waals surface area contributed by atoms with Crippen LogP contribution in [0.3, 0.4) is 0 Å². The van der Waals surface area contributed by atoms with E-state index in [1.54, 1.807) is 0 Å². The van der Waals surface area contributed by atoms with Crippen LogP contribution < -0.4 is 0 Å². The summed E-state index contributed by atoms with van der Waals surface area (Å²) in [6.45, 7) is 0. The maximum Gasteiger partial charge on any atom is 0.178 e. The van der Waals surface area contributed by atoms with Crippen molar-refractivity contribution in [1.82, 2.24) is 15.0 Å². The van der Waals surface area contributed by atoms with Crippen LogP contribution in [-0.2, 0) is 0 Å². The molecule has 5 heteroatoms. The number of fused-ring (bicyclic) bond motifs is 1. The minimum Gasteiger partial charge on any atom is -0.238 e. The van der Waals surface area contributed by atoms with Crippen LogP contribution in [0.4, 0.5) is 0 Å². The Labute approximate surface area is 148 Å². The van der Waals surface area contributed by atoms with Gasteiger partial charge < -0.3 is 0 Å². The molecule has 2 aromatic heterocycles. The molecule has 0 aliphatic carbocycles. The molecule has 0 radical (unpaired) electrons. The molecular weight excluding hydrogens is 338 g/mol. The van der Waals surface area contributed by atoms with Gasteiger partial charge in [0.2, 0.25) is 0 Å². The van der Waals surface area contributed by atoms with E-state index in [0.29, 0.717) is 5.82 Å². The Morgan fingerprint density at radius 1 is 0.792 bits per heavy atom. The fraction of sp³-hybridized carbons (Fsp3) is 0. The van der Waals surface area contributed by atoms with Crippen molar-refractivity contribution in [2.45, 2.75) is 9.92 Å². The molecule has 2 aromatic carbocycles. The number of aromatic nitrogens is 3. The molecule has 0 unspecified atom stereocenters. The van der Waals surface area contributed by atoms with Gasteiger partial charge in [-0.2, -0.15) is 0 Å². The first-order valence-electron chi connectivity index (χ1n) is 7.41. The average Bonchev–Trinajstić information content (AvgIpc) is 2.63. The highest BCUT2D eigenvalue weighted by Crippen LogP contribution is 2.32. The van der Waals surface area contributed by atoms with E-state index in [1.165, 1.54) is 11.8 Å². The van der Waals surface area contributed by atoms with E-state index in [1.807, 2.05) is 72.9 Å².